The number of rotatable bonds is 2. The summed E-state index contributed by atoms with van der Waals surface area (Å²) < 4.78 is 0.898. The summed E-state index contributed by atoms with van der Waals surface area (Å²) >= 11 is 8.72. The second kappa shape index (κ2) is 5.50. The van der Waals surface area contributed by atoms with Crippen LogP contribution in [0, 0.1) is 5.41 Å². The number of anilines is 1. The lowest BCUT2D eigenvalue weighted by Crippen LogP contribution is -2.46. The van der Waals surface area contributed by atoms with Crippen molar-refractivity contribution < 1.29 is 9.59 Å². The fourth-order valence-electron chi connectivity index (χ4n) is 2.03. The Labute approximate surface area is 138 Å². The standard InChI is InChI=1S/C15H17BrN2O2S/c1-9(15(2,3)4)17-12(19)13(20)18(14(17)21)11-7-5-10(16)6-8-11/h5-9H,1-4H3. The number of carbonyl (C=O) groups is 2. The van der Waals surface area contributed by atoms with Gasteiger partial charge < -0.3 is 0 Å². The van der Waals surface area contributed by atoms with E-state index in [-0.39, 0.29) is 16.6 Å². The zero-order valence-electron chi connectivity index (χ0n) is 12.4. The van der Waals surface area contributed by atoms with Crippen LogP contribution in [0.15, 0.2) is 28.7 Å². The summed E-state index contributed by atoms with van der Waals surface area (Å²) in [5.41, 5.74) is 0.431. The van der Waals surface area contributed by atoms with Crippen LogP contribution in [0.3, 0.4) is 0 Å². The van der Waals surface area contributed by atoms with Crippen molar-refractivity contribution in [2.24, 2.45) is 5.41 Å². The van der Waals surface area contributed by atoms with Crippen molar-refractivity contribution in [3.63, 3.8) is 0 Å². The third-order valence-corrected chi connectivity index (χ3v) is 4.64. The van der Waals surface area contributed by atoms with Crippen LogP contribution < -0.4 is 4.90 Å². The summed E-state index contributed by atoms with van der Waals surface area (Å²) in [7, 11) is 0. The first-order chi connectivity index (χ1) is 9.64. The molecule has 0 radical (unpaired) electrons. The molecule has 2 amide bonds. The molecule has 1 heterocycles. The van der Waals surface area contributed by atoms with E-state index in [4.69, 9.17) is 12.2 Å². The van der Waals surface area contributed by atoms with E-state index < -0.39 is 11.8 Å². The Morgan fingerprint density at radius 1 is 1.10 bits per heavy atom. The van der Waals surface area contributed by atoms with Gasteiger partial charge in [0.2, 0.25) is 0 Å². The molecule has 0 saturated carbocycles. The van der Waals surface area contributed by atoms with Gasteiger partial charge in [-0.25, -0.2) is 4.90 Å². The molecule has 0 N–H and O–H groups in total. The lowest BCUT2D eigenvalue weighted by molar-refractivity contribution is -0.140. The molecular weight excluding hydrogens is 352 g/mol. The molecular formula is C15H17BrN2O2S. The highest BCUT2D eigenvalue weighted by molar-refractivity contribution is 9.10. The second-order valence-electron chi connectivity index (χ2n) is 6.12. The van der Waals surface area contributed by atoms with Crippen LogP contribution in [0.4, 0.5) is 5.69 Å². The van der Waals surface area contributed by atoms with Gasteiger partial charge in [0.25, 0.3) is 0 Å². The molecule has 1 aliphatic heterocycles. The number of halogens is 1. The van der Waals surface area contributed by atoms with Crippen molar-refractivity contribution in [3.05, 3.63) is 28.7 Å². The first kappa shape index (κ1) is 16.1. The lowest BCUT2D eigenvalue weighted by atomic mass is 9.87. The quantitative estimate of drug-likeness (QED) is 0.593. The van der Waals surface area contributed by atoms with Gasteiger partial charge in [0.15, 0.2) is 5.11 Å². The molecule has 112 valence electrons. The third-order valence-electron chi connectivity index (χ3n) is 3.73. The molecule has 1 fully saturated rings. The molecule has 4 nitrogen and oxygen atoms in total. The Bertz CT molecular complexity index is 607. The van der Waals surface area contributed by atoms with E-state index in [0.717, 1.165) is 4.47 Å². The van der Waals surface area contributed by atoms with Gasteiger partial charge in [-0.2, -0.15) is 0 Å². The van der Waals surface area contributed by atoms with Crippen molar-refractivity contribution in [3.8, 4) is 0 Å². The van der Waals surface area contributed by atoms with Gasteiger partial charge in [-0.15, -0.1) is 0 Å². The molecule has 1 unspecified atom stereocenters. The van der Waals surface area contributed by atoms with Crippen LogP contribution in [0.5, 0.6) is 0 Å². The van der Waals surface area contributed by atoms with E-state index >= 15 is 0 Å². The van der Waals surface area contributed by atoms with Gasteiger partial charge in [0, 0.05) is 10.5 Å². The van der Waals surface area contributed by atoms with Gasteiger partial charge >= 0.3 is 11.8 Å². The van der Waals surface area contributed by atoms with Crippen molar-refractivity contribution in [1.82, 2.24) is 4.90 Å². The fraction of sp³-hybridized carbons (Fsp3) is 0.400. The molecule has 1 atom stereocenters. The fourth-order valence-corrected chi connectivity index (χ4v) is 2.72. The lowest BCUT2D eigenvalue weighted by Gasteiger charge is -2.34. The summed E-state index contributed by atoms with van der Waals surface area (Å²) in [6.45, 7) is 7.95. The minimum absolute atomic E-state index is 0.165. The van der Waals surface area contributed by atoms with Crippen LogP contribution >= 0.6 is 28.1 Å². The number of nitrogens with zero attached hydrogens (tertiary/aromatic N) is 2. The topological polar surface area (TPSA) is 40.6 Å². The van der Waals surface area contributed by atoms with Crippen molar-refractivity contribution in [2.45, 2.75) is 33.7 Å². The molecule has 6 heteroatoms. The molecule has 1 aliphatic rings. The van der Waals surface area contributed by atoms with Crippen LogP contribution in [0.1, 0.15) is 27.7 Å². The van der Waals surface area contributed by atoms with Gasteiger partial charge in [0.05, 0.1) is 5.69 Å². The molecule has 0 aliphatic carbocycles. The molecule has 21 heavy (non-hydrogen) atoms. The molecule has 1 aromatic carbocycles. The van der Waals surface area contributed by atoms with Crippen LogP contribution in [0.25, 0.3) is 0 Å². The van der Waals surface area contributed by atoms with Crippen molar-refractivity contribution in [2.75, 3.05) is 4.90 Å². The van der Waals surface area contributed by atoms with E-state index in [9.17, 15) is 9.59 Å². The van der Waals surface area contributed by atoms with Crippen molar-refractivity contribution in [1.29, 1.82) is 0 Å². The number of hydrogen-bond donors (Lipinski definition) is 0. The molecule has 2 rings (SSSR count). The first-order valence-corrected chi connectivity index (χ1v) is 7.82. The van der Waals surface area contributed by atoms with Gasteiger partial charge in [-0.3, -0.25) is 14.5 Å². The SMILES string of the molecule is CC(N1C(=O)C(=O)N(c2ccc(Br)cc2)C1=S)C(C)(C)C. The van der Waals surface area contributed by atoms with Gasteiger partial charge in [-0.1, -0.05) is 36.7 Å². The van der Waals surface area contributed by atoms with Crippen molar-refractivity contribution >= 4 is 50.8 Å². The summed E-state index contributed by atoms with van der Waals surface area (Å²) in [5, 5.41) is 0.245. The second-order valence-corrected chi connectivity index (χ2v) is 7.40. The number of carbonyl (C=O) groups excluding carboxylic acids is 2. The molecule has 0 bridgehead atoms. The maximum atomic E-state index is 12.3. The first-order valence-electron chi connectivity index (χ1n) is 6.61. The Morgan fingerprint density at radius 3 is 2.10 bits per heavy atom. The number of hydrogen-bond acceptors (Lipinski definition) is 3. The van der Waals surface area contributed by atoms with Crippen LogP contribution in [-0.4, -0.2) is 27.9 Å². The highest BCUT2D eigenvalue weighted by Gasteiger charge is 2.46. The van der Waals surface area contributed by atoms with Gasteiger partial charge in [0.1, 0.15) is 0 Å². The number of benzene rings is 1. The van der Waals surface area contributed by atoms with Crippen LogP contribution in [0.2, 0.25) is 0 Å². The largest absolute Gasteiger partial charge is 0.323 e. The molecule has 0 aromatic heterocycles. The Balaban J connectivity index is 2.39. The smallest absolute Gasteiger partial charge is 0.277 e. The molecule has 0 spiro atoms. The Kier molecular flexibility index (Phi) is 4.22. The Morgan fingerprint density at radius 2 is 1.62 bits per heavy atom. The summed E-state index contributed by atoms with van der Waals surface area (Å²) in [4.78, 5) is 27.3. The average Bonchev–Trinajstić information content (AvgIpc) is 2.60. The maximum absolute atomic E-state index is 12.3. The molecule has 1 aromatic rings. The van der Waals surface area contributed by atoms with E-state index in [0.29, 0.717) is 5.69 Å². The monoisotopic (exact) mass is 368 g/mol. The predicted octanol–water partition coefficient (Wildman–Crippen LogP) is 3.34. The average molecular weight is 369 g/mol. The summed E-state index contributed by atoms with van der Waals surface area (Å²) in [5.74, 6) is -1.16. The maximum Gasteiger partial charge on any atom is 0.323 e. The Hall–Kier alpha value is -1.27. The summed E-state index contributed by atoms with van der Waals surface area (Å²) in [6, 6.07) is 6.97. The van der Waals surface area contributed by atoms with Gasteiger partial charge in [-0.05, 0) is 48.8 Å². The van der Waals surface area contributed by atoms with E-state index in [1.54, 1.807) is 12.1 Å². The van der Waals surface area contributed by atoms with E-state index in [1.807, 2.05) is 39.8 Å². The zero-order chi connectivity index (χ0) is 15.9. The van der Waals surface area contributed by atoms with E-state index in [1.165, 1.54) is 9.80 Å². The number of thiocarbonyl (C=S) groups is 1. The third kappa shape index (κ3) is 2.87. The van der Waals surface area contributed by atoms with Crippen LogP contribution in [-0.2, 0) is 9.59 Å². The van der Waals surface area contributed by atoms with E-state index in [2.05, 4.69) is 15.9 Å². The zero-order valence-corrected chi connectivity index (χ0v) is 14.8. The minimum atomic E-state index is -0.599. The molecule has 1 saturated heterocycles. The normalized spacial score (nSPS) is 17.7. The number of amides is 2. The highest BCUT2D eigenvalue weighted by atomic mass is 79.9. The summed E-state index contributed by atoms with van der Waals surface area (Å²) in [6.07, 6.45) is 0. The minimum Gasteiger partial charge on any atom is -0.277 e. The highest BCUT2D eigenvalue weighted by Crippen LogP contribution is 2.31. The predicted molar refractivity (Wildman–Crippen MR) is 90.0 cm³/mol.